The summed E-state index contributed by atoms with van der Waals surface area (Å²) in [4.78, 5) is 10.4. The van der Waals surface area contributed by atoms with E-state index in [4.69, 9.17) is 0 Å². The summed E-state index contributed by atoms with van der Waals surface area (Å²) >= 11 is 1.06. The molecule has 0 N–H and O–H groups in total. The standard InChI is InChI=1S/C7H7.C4H3N2OS.C2H6.W/c1-7-5-3-2-4-6-7;1-3(7)4-2-8-6-5-4;1-2;/h2-6H,1H2;1H3;1-2H3;/q2*-1;;+2. The van der Waals surface area contributed by atoms with Crippen LogP contribution in [-0.4, -0.2) is 15.4 Å². The van der Waals surface area contributed by atoms with E-state index in [-0.39, 0.29) is 26.8 Å². The SMILES string of the molecule is CC.CC(=O)c1[c-]snn1.[CH2-]c1ccccc1.[W+2]. The fraction of sp³-hybridized carbons (Fsp3) is 0.231. The molecular weight excluding hydrogens is 416 g/mol. The van der Waals surface area contributed by atoms with E-state index in [2.05, 4.69) is 21.9 Å². The summed E-state index contributed by atoms with van der Waals surface area (Å²) in [5, 5.41) is 6.09. The van der Waals surface area contributed by atoms with Crippen LogP contribution in [0.4, 0.5) is 0 Å². The van der Waals surface area contributed by atoms with Gasteiger partial charge in [0.15, 0.2) is 0 Å². The zero-order chi connectivity index (χ0) is 13.1. The summed E-state index contributed by atoms with van der Waals surface area (Å²) in [6.07, 6.45) is 0. The van der Waals surface area contributed by atoms with Crippen LogP contribution in [0.5, 0.6) is 0 Å². The largest absolute Gasteiger partial charge is 2.00 e. The van der Waals surface area contributed by atoms with Crippen molar-refractivity contribution in [3.05, 3.63) is 53.9 Å². The number of carbonyl (C=O) groups is 1. The molecule has 3 nitrogen and oxygen atoms in total. The molecule has 0 spiro atoms. The summed E-state index contributed by atoms with van der Waals surface area (Å²) in [5.74, 6) is -0.0845. The van der Waals surface area contributed by atoms with Crippen molar-refractivity contribution in [3.8, 4) is 0 Å². The van der Waals surface area contributed by atoms with Gasteiger partial charge in [0.1, 0.15) is 0 Å². The Bertz CT molecular complexity index is 404. The Morgan fingerprint density at radius 2 is 1.83 bits per heavy atom. The van der Waals surface area contributed by atoms with Gasteiger partial charge in [-0.25, -0.2) is 0 Å². The molecule has 96 valence electrons. The third-order valence-electron chi connectivity index (χ3n) is 1.50. The maximum absolute atomic E-state index is 10.4. The first kappa shape index (κ1) is 19.4. The number of Topliss-reactive ketones (excluding diaryl/α,β-unsaturated/α-hetero) is 1. The first-order chi connectivity index (χ1) is 8.20. The van der Waals surface area contributed by atoms with Crippen molar-refractivity contribution >= 4 is 17.3 Å². The molecule has 1 aromatic carbocycles. The fourth-order valence-electron chi connectivity index (χ4n) is 0.766. The van der Waals surface area contributed by atoms with Crippen LogP contribution in [0.1, 0.15) is 36.8 Å². The van der Waals surface area contributed by atoms with Crippen molar-refractivity contribution in [1.29, 1.82) is 0 Å². The number of nitrogens with zero attached hydrogens (tertiary/aromatic N) is 2. The topological polar surface area (TPSA) is 42.9 Å². The van der Waals surface area contributed by atoms with Gasteiger partial charge >= 0.3 is 21.1 Å². The van der Waals surface area contributed by atoms with Crippen molar-refractivity contribution in [2.75, 3.05) is 0 Å². The van der Waals surface area contributed by atoms with Gasteiger partial charge < -0.3 is 4.79 Å². The van der Waals surface area contributed by atoms with Gasteiger partial charge in [-0.1, -0.05) is 26.8 Å². The minimum atomic E-state index is -0.0845. The molecule has 0 fully saturated rings. The second-order valence-corrected chi connectivity index (χ2v) is 3.32. The summed E-state index contributed by atoms with van der Waals surface area (Å²) in [6, 6.07) is 9.87. The van der Waals surface area contributed by atoms with E-state index in [0.717, 1.165) is 17.1 Å². The van der Waals surface area contributed by atoms with Gasteiger partial charge in [-0.05, 0) is 5.69 Å². The Labute approximate surface area is 127 Å². The molecule has 18 heavy (non-hydrogen) atoms. The zero-order valence-electron chi connectivity index (χ0n) is 10.7. The second kappa shape index (κ2) is 12.5. The third-order valence-corrected chi connectivity index (χ3v) is 1.95. The van der Waals surface area contributed by atoms with E-state index in [9.17, 15) is 4.79 Å². The van der Waals surface area contributed by atoms with E-state index in [1.807, 2.05) is 44.2 Å². The molecular formula is C13H16N2OSW. The molecule has 0 aliphatic rings. The maximum atomic E-state index is 10.4. The van der Waals surface area contributed by atoms with Gasteiger partial charge in [-0.3, -0.25) is 0 Å². The summed E-state index contributed by atoms with van der Waals surface area (Å²) in [5.41, 5.74) is 1.40. The van der Waals surface area contributed by atoms with Gasteiger partial charge in [0.2, 0.25) is 0 Å². The third kappa shape index (κ3) is 9.08. The molecule has 0 aliphatic carbocycles. The van der Waals surface area contributed by atoms with Crippen LogP contribution in [0.3, 0.4) is 0 Å². The zero-order valence-corrected chi connectivity index (χ0v) is 14.5. The van der Waals surface area contributed by atoms with Gasteiger partial charge in [-0.15, -0.1) is 33.5 Å². The number of hydrogen-bond donors (Lipinski definition) is 0. The van der Waals surface area contributed by atoms with Crippen LogP contribution in [0.2, 0.25) is 0 Å². The van der Waals surface area contributed by atoms with Crippen LogP contribution in [0, 0.1) is 12.3 Å². The van der Waals surface area contributed by atoms with Crippen LogP contribution >= 0.6 is 11.5 Å². The Morgan fingerprint density at radius 3 is 2.06 bits per heavy atom. The molecule has 0 saturated carbocycles. The molecule has 2 aromatic rings. The Kier molecular flexibility index (Phi) is 13.4. The number of benzene rings is 1. The molecule has 0 atom stereocenters. The van der Waals surface area contributed by atoms with E-state index in [1.165, 1.54) is 6.92 Å². The number of ketones is 1. The average molecular weight is 432 g/mol. The Hall–Kier alpha value is -0.992. The molecule has 0 saturated heterocycles. The summed E-state index contributed by atoms with van der Waals surface area (Å²) in [7, 11) is 0. The van der Waals surface area contributed by atoms with Crippen LogP contribution < -0.4 is 0 Å². The summed E-state index contributed by atoms with van der Waals surface area (Å²) in [6.45, 7) is 9.16. The molecule has 5 heteroatoms. The van der Waals surface area contributed by atoms with Crippen molar-refractivity contribution in [3.63, 3.8) is 0 Å². The van der Waals surface area contributed by atoms with Crippen LogP contribution in [0.25, 0.3) is 0 Å². The van der Waals surface area contributed by atoms with Crippen molar-refractivity contribution in [2.24, 2.45) is 0 Å². The first-order valence-electron chi connectivity index (χ1n) is 5.28. The number of hydrogen-bond acceptors (Lipinski definition) is 4. The van der Waals surface area contributed by atoms with E-state index in [1.54, 1.807) is 0 Å². The van der Waals surface area contributed by atoms with Gasteiger partial charge in [0.25, 0.3) is 0 Å². The van der Waals surface area contributed by atoms with E-state index < -0.39 is 0 Å². The fourth-order valence-corrected chi connectivity index (χ4v) is 1.20. The van der Waals surface area contributed by atoms with Crippen molar-refractivity contribution in [2.45, 2.75) is 20.8 Å². The minimum absolute atomic E-state index is 0. The monoisotopic (exact) mass is 432 g/mol. The Balaban J connectivity index is 0. The Morgan fingerprint density at radius 1 is 1.28 bits per heavy atom. The molecule has 0 bridgehead atoms. The number of rotatable bonds is 1. The summed E-state index contributed by atoms with van der Waals surface area (Å²) < 4.78 is 3.46. The molecule has 1 aromatic heterocycles. The van der Waals surface area contributed by atoms with E-state index >= 15 is 0 Å². The molecule has 0 amide bonds. The molecule has 0 radical (unpaired) electrons. The van der Waals surface area contributed by atoms with Crippen LogP contribution in [0.15, 0.2) is 30.3 Å². The molecule has 2 rings (SSSR count). The minimum Gasteiger partial charge on any atom is -0.405 e. The molecule has 1 heterocycles. The van der Waals surface area contributed by atoms with Gasteiger partial charge in [0, 0.05) is 5.78 Å². The normalized spacial score (nSPS) is 7.72. The van der Waals surface area contributed by atoms with Gasteiger partial charge in [0.05, 0.1) is 0 Å². The predicted molar refractivity (Wildman–Crippen MR) is 71.0 cm³/mol. The quantitative estimate of drug-likeness (QED) is 0.513. The predicted octanol–water partition coefficient (Wildman–Crippen LogP) is 3.43. The van der Waals surface area contributed by atoms with Crippen molar-refractivity contribution in [1.82, 2.24) is 9.59 Å². The van der Waals surface area contributed by atoms with Crippen molar-refractivity contribution < 1.29 is 25.9 Å². The van der Waals surface area contributed by atoms with E-state index in [0.29, 0.717) is 5.69 Å². The average Bonchev–Trinajstić information content (AvgIpc) is 2.87. The van der Waals surface area contributed by atoms with Crippen LogP contribution in [-0.2, 0) is 21.1 Å². The second-order valence-electron chi connectivity index (χ2n) is 2.77. The number of aromatic nitrogens is 2. The van der Waals surface area contributed by atoms with Gasteiger partial charge in [-0.2, -0.15) is 29.7 Å². The molecule has 0 aliphatic heterocycles. The number of carbonyl (C=O) groups excluding carboxylic acids is 1. The smallest absolute Gasteiger partial charge is 0.405 e. The first-order valence-corrected chi connectivity index (χ1v) is 6.05. The maximum Gasteiger partial charge on any atom is 2.00 e. The molecule has 0 unspecified atom stereocenters.